The van der Waals surface area contributed by atoms with Crippen molar-refractivity contribution >= 4 is 27.5 Å². The van der Waals surface area contributed by atoms with E-state index in [-0.39, 0.29) is 23.7 Å². The van der Waals surface area contributed by atoms with Crippen LogP contribution in [0.25, 0.3) is 5.57 Å². The fourth-order valence-electron chi connectivity index (χ4n) is 2.93. The fourth-order valence-corrected chi connectivity index (χ4v) is 4.31. The molecule has 1 aromatic carbocycles. The smallest absolute Gasteiger partial charge is 0.322 e. The van der Waals surface area contributed by atoms with Crippen molar-refractivity contribution in [2.24, 2.45) is 0 Å². The van der Waals surface area contributed by atoms with Gasteiger partial charge in [0, 0.05) is 19.3 Å². The van der Waals surface area contributed by atoms with E-state index < -0.39 is 40.0 Å². The average molecular weight is 435 g/mol. The van der Waals surface area contributed by atoms with Crippen molar-refractivity contribution in [1.29, 1.82) is 0 Å². The average Bonchev–Trinajstić information content (AvgIpc) is 2.72. The van der Waals surface area contributed by atoms with Crippen molar-refractivity contribution in [1.82, 2.24) is 14.6 Å². The Bertz CT molecular complexity index is 1120. The Morgan fingerprint density at radius 1 is 1.23 bits per heavy atom. The highest BCUT2D eigenvalue weighted by atomic mass is 32.2. The maximum absolute atomic E-state index is 13.0. The molecule has 1 amide bonds. The van der Waals surface area contributed by atoms with Gasteiger partial charge in [-0.1, -0.05) is 6.08 Å². The van der Waals surface area contributed by atoms with E-state index in [4.69, 9.17) is 5.11 Å². The van der Waals surface area contributed by atoms with Crippen LogP contribution in [-0.4, -0.2) is 59.4 Å². The summed E-state index contributed by atoms with van der Waals surface area (Å²) in [5, 5.41) is 20.8. The summed E-state index contributed by atoms with van der Waals surface area (Å²) in [5.41, 5.74) is 0.943. The number of carboxylic acids is 1. The van der Waals surface area contributed by atoms with Gasteiger partial charge in [-0.25, -0.2) is 17.8 Å². The highest BCUT2D eigenvalue weighted by Gasteiger charge is 2.27. The van der Waals surface area contributed by atoms with E-state index >= 15 is 0 Å². The van der Waals surface area contributed by atoms with Crippen LogP contribution in [-0.2, 0) is 14.8 Å². The molecule has 3 N–H and O–H groups in total. The maximum Gasteiger partial charge on any atom is 0.322 e. The number of carbonyl (C=O) groups excluding carboxylic acids is 1. The van der Waals surface area contributed by atoms with Crippen molar-refractivity contribution in [2.75, 3.05) is 19.6 Å². The number of aliphatic carboxylic acids is 1. The van der Waals surface area contributed by atoms with E-state index in [0.717, 1.165) is 17.7 Å². The Kier molecular flexibility index (Phi) is 6.13. The lowest BCUT2D eigenvalue weighted by Gasteiger charge is -2.26. The lowest BCUT2D eigenvalue weighted by molar-refractivity contribution is -0.135. The number of benzene rings is 1. The number of nitrogens with zero attached hydrogens (tertiary/aromatic N) is 2. The van der Waals surface area contributed by atoms with Crippen LogP contribution in [0.1, 0.15) is 22.5 Å². The van der Waals surface area contributed by atoms with Gasteiger partial charge in [-0.3, -0.25) is 9.59 Å². The number of hydrogen-bond donors (Lipinski definition) is 3. The van der Waals surface area contributed by atoms with Crippen LogP contribution in [0.5, 0.6) is 5.75 Å². The molecule has 11 heteroatoms. The number of aromatic nitrogens is 1. The minimum Gasteiger partial charge on any atom is -0.505 e. The second kappa shape index (κ2) is 8.59. The minimum atomic E-state index is -3.77. The number of halogens is 1. The first-order valence-electron chi connectivity index (χ1n) is 8.82. The molecular weight excluding hydrogens is 417 g/mol. The third kappa shape index (κ3) is 4.63. The summed E-state index contributed by atoms with van der Waals surface area (Å²) in [4.78, 5) is 26.3. The van der Waals surface area contributed by atoms with Gasteiger partial charge in [0.05, 0.1) is 4.90 Å². The van der Waals surface area contributed by atoms with Gasteiger partial charge < -0.3 is 15.5 Å². The van der Waals surface area contributed by atoms with Crippen molar-refractivity contribution in [2.45, 2.75) is 11.3 Å². The normalized spacial score (nSPS) is 14.8. The number of carboxylic acid groups (broad SMARTS) is 1. The lowest BCUT2D eigenvalue weighted by atomic mass is 10.0. The minimum absolute atomic E-state index is 0.00297. The quantitative estimate of drug-likeness (QED) is 0.620. The van der Waals surface area contributed by atoms with Crippen LogP contribution < -0.4 is 5.32 Å². The van der Waals surface area contributed by atoms with Crippen LogP contribution in [0.2, 0.25) is 0 Å². The molecule has 0 saturated carbocycles. The molecular formula is C19H18FN3O6S. The second-order valence-electron chi connectivity index (χ2n) is 6.46. The number of amides is 1. The topological polar surface area (TPSA) is 137 Å². The molecule has 3 rings (SSSR count). The third-order valence-electron chi connectivity index (χ3n) is 4.48. The first kappa shape index (κ1) is 21.4. The number of rotatable bonds is 6. The van der Waals surface area contributed by atoms with Crippen molar-refractivity contribution < 1.29 is 32.6 Å². The zero-order valence-electron chi connectivity index (χ0n) is 15.6. The van der Waals surface area contributed by atoms with E-state index in [9.17, 15) is 27.5 Å². The van der Waals surface area contributed by atoms with Crippen LogP contribution in [0, 0.1) is 5.82 Å². The summed E-state index contributed by atoms with van der Waals surface area (Å²) in [5.74, 6) is -3.00. The van der Waals surface area contributed by atoms with Crippen LogP contribution in [0.15, 0.2) is 47.5 Å². The van der Waals surface area contributed by atoms with E-state index in [1.54, 1.807) is 6.08 Å². The Morgan fingerprint density at radius 2 is 1.93 bits per heavy atom. The van der Waals surface area contributed by atoms with E-state index in [0.29, 0.717) is 12.0 Å². The highest BCUT2D eigenvalue weighted by molar-refractivity contribution is 7.89. The standard InChI is InChI=1S/C19H18FN3O6S/c20-14-1-3-15(4-2-14)30(28,29)23-7-5-12(6-8-23)13-9-16(24)18(21-10-13)19(27)22-11-17(25)26/h1-5,9-10,24H,6-8,11H2,(H,22,27)(H,25,26). The van der Waals surface area contributed by atoms with Gasteiger partial charge in [-0.05, 0) is 47.9 Å². The highest BCUT2D eigenvalue weighted by Crippen LogP contribution is 2.28. The Hall–Kier alpha value is -3.31. The molecule has 0 bridgehead atoms. The SMILES string of the molecule is O=C(O)CNC(=O)c1ncc(C2=CCN(S(=O)(=O)c3ccc(F)cc3)CC2)cc1O. The summed E-state index contributed by atoms with van der Waals surface area (Å²) in [6.07, 6.45) is 3.36. The molecule has 158 valence electrons. The summed E-state index contributed by atoms with van der Waals surface area (Å²) in [7, 11) is -3.77. The molecule has 0 unspecified atom stereocenters. The zero-order valence-corrected chi connectivity index (χ0v) is 16.4. The molecule has 2 aromatic rings. The van der Waals surface area contributed by atoms with E-state index in [2.05, 4.69) is 10.3 Å². The predicted octanol–water partition coefficient (Wildman–Crippen LogP) is 1.22. The molecule has 9 nitrogen and oxygen atoms in total. The summed E-state index contributed by atoms with van der Waals surface area (Å²) in [6.45, 7) is -0.352. The fraction of sp³-hybridized carbons (Fsp3) is 0.211. The number of hydrogen-bond acceptors (Lipinski definition) is 6. The molecule has 1 aliphatic rings. The monoisotopic (exact) mass is 435 g/mol. The van der Waals surface area contributed by atoms with E-state index in [1.807, 2.05) is 0 Å². The third-order valence-corrected chi connectivity index (χ3v) is 6.36. The largest absolute Gasteiger partial charge is 0.505 e. The van der Waals surface area contributed by atoms with Gasteiger partial charge in [0.25, 0.3) is 5.91 Å². The van der Waals surface area contributed by atoms with Crippen molar-refractivity contribution in [3.8, 4) is 5.75 Å². The van der Waals surface area contributed by atoms with Gasteiger partial charge in [0.2, 0.25) is 10.0 Å². The number of nitrogens with one attached hydrogen (secondary N) is 1. The molecule has 0 saturated heterocycles. The van der Waals surface area contributed by atoms with Gasteiger partial charge >= 0.3 is 5.97 Å². The van der Waals surface area contributed by atoms with Gasteiger partial charge in [0.1, 0.15) is 18.1 Å². The van der Waals surface area contributed by atoms with Crippen LogP contribution >= 0.6 is 0 Å². The molecule has 0 aliphatic carbocycles. The predicted molar refractivity (Wildman–Crippen MR) is 104 cm³/mol. The lowest BCUT2D eigenvalue weighted by Crippen LogP contribution is -2.34. The Balaban J connectivity index is 1.73. The Morgan fingerprint density at radius 3 is 2.50 bits per heavy atom. The molecule has 30 heavy (non-hydrogen) atoms. The molecule has 1 aliphatic heterocycles. The second-order valence-corrected chi connectivity index (χ2v) is 8.40. The Labute approximate surface area is 171 Å². The zero-order chi connectivity index (χ0) is 21.9. The summed E-state index contributed by atoms with van der Waals surface area (Å²) >= 11 is 0. The maximum atomic E-state index is 13.0. The molecule has 2 heterocycles. The molecule has 0 radical (unpaired) electrons. The van der Waals surface area contributed by atoms with E-state index in [1.165, 1.54) is 28.7 Å². The van der Waals surface area contributed by atoms with Crippen LogP contribution in [0.3, 0.4) is 0 Å². The first-order valence-corrected chi connectivity index (χ1v) is 10.3. The number of sulfonamides is 1. The number of carbonyl (C=O) groups is 2. The van der Waals surface area contributed by atoms with Crippen molar-refractivity contribution in [3.05, 3.63) is 59.7 Å². The molecule has 0 spiro atoms. The van der Waals surface area contributed by atoms with Crippen LogP contribution in [0.4, 0.5) is 4.39 Å². The molecule has 0 fully saturated rings. The van der Waals surface area contributed by atoms with Gasteiger partial charge in [-0.15, -0.1) is 0 Å². The van der Waals surface area contributed by atoms with Crippen molar-refractivity contribution in [3.63, 3.8) is 0 Å². The first-order chi connectivity index (χ1) is 14.2. The van der Waals surface area contributed by atoms with Gasteiger partial charge in [-0.2, -0.15) is 4.31 Å². The summed E-state index contributed by atoms with van der Waals surface area (Å²) < 4.78 is 39.6. The number of aromatic hydroxyl groups is 1. The molecule has 1 aromatic heterocycles. The number of pyridine rings is 1. The molecule has 0 atom stereocenters. The summed E-state index contributed by atoms with van der Waals surface area (Å²) in [6, 6.07) is 5.90. The van der Waals surface area contributed by atoms with Gasteiger partial charge in [0.15, 0.2) is 5.69 Å².